The zero-order chi connectivity index (χ0) is 11.8. The SMILES string of the molecule is COCCCCCNc1nccc(C)c1Br. The summed E-state index contributed by atoms with van der Waals surface area (Å²) in [7, 11) is 1.74. The Kier molecular flexibility index (Phi) is 6.42. The van der Waals surface area contributed by atoms with E-state index in [1.54, 1.807) is 7.11 Å². The van der Waals surface area contributed by atoms with Crippen molar-refractivity contribution in [3.63, 3.8) is 0 Å². The minimum Gasteiger partial charge on any atom is -0.385 e. The van der Waals surface area contributed by atoms with Crippen LogP contribution in [0.15, 0.2) is 16.7 Å². The summed E-state index contributed by atoms with van der Waals surface area (Å²) in [5.41, 5.74) is 1.21. The molecule has 0 saturated heterocycles. The number of aromatic nitrogens is 1. The van der Waals surface area contributed by atoms with E-state index < -0.39 is 0 Å². The zero-order valence-electron chi connectivity index (χ0n) is 9.92. The number of anilines is 1. The van der Waals surface area contributed by atoms with Crippen LogP contribution < -0.4 is 5.32 Å². The van der Waals surface area contributed by atoms with E-state index >= 15 is 0 Å². The Morgan fingerprint density at radius 1 is 1.38 bits per heavy atom. The van der Waals surface area contributed by atoms with Gasteiger partial charge in [-0.05, 0) is 53.7 Å². The molecule has 1 aromatic heterocycles. The summed E-state index contributed by atoms with van der Waals surface area (Å²) >= 11 is 3.53. The summed E-state index contributed by atoms with van der Waals surface area (Å²) in [6.45, 7) is 3.88. The van der Waals surface area contributed by atoms with E-state index in [1.807, 2.05) is 12.3 Å². The average Bonchev–Trinajstić information content (AvgIpc) is 2.29. The first-order chi connectivity index (χ1) is 7.75. The topological polar surface area (TPSA) is 34.1 Å². The van der Waals surface area contributed by atoms with Crippen LogP contribution in [0.25, 0.3) is 0 Å². The van der Waals surface area contributed by atoms with Crippen molar-refractivity contribution < 1.29 is 4.74 Å². The van der Waals surface area contributed by atoms with Gasteiger partial charge in [-0.15, -0.1) is 0 Å². The fraction of sp³-hybridized carbons (Fsp3) is 0.583. The molecule has 0 saturated carbocycles. The van der Waals surface area contributed by atoms with Crippen molar-refractivity contribution in [1.82, 2.24) is 4.98 Å². The fourth-order valence-corrected chi connectivity index (χ4v) is 1.79. The first kappa shape index (κ1) is 13.5. The van der Waals surface area contributed by atoms with Crippen LogP contribution >= 0.6 is 15.9 Å². The van der Waals surface area contributed by atoms with Crippen LogP contribution in [0.5, 0.6) is 0 Å². The molecule has 1 N–H and O–H groups in total. The maximum absolute atomic E-state index is 5.00. The molecular weight excluding hydrogens is 268 g/mol. The van der Waals surface area contributed by atoms with Crippen LogP contribution in [0.2, 0.25) is 0 Å². The maximum Gasteiger partial charge on any atom is 0.140 e. The Morgan fingerprint density at radius 2 is 2.19 bits per heavy atom. The van der Waals surface area contributed by atoms with Gasteiger partial charge < -0.3 is 10.1 Å². The van der Waals surface area contributed by atoms with Crippen LogP contribution in [0.3, 0.4) is 0 Å². The zero-order valence-corrected chi connectivity index (χ0v) is 11.5. The number of ether oxygens (including phenoxy) is 1. The first-order valence-electron chi connectivity index (χ1n) is 5.59. The minimum atomic E-state index is 0.854. The number of halogens is 1. The molecule has 0 atom stereocenters. The lowest BCUT2D eigenvalue weighted by atomic mass is 10.2. The number of hydrogen-bond donors (Lipinski definition) is 1. The third-order valence-electron chi connectivity index (χ3n) is 2.40. The van der Waals surface area contributed by atoms with Gasteiger partial charge in [0.25, 0.3) is 0 Å². The van der Waals surface area contributed by atoms with Crippen molar-refractivity contribution in [3.05, 3.63) is 22.3 Å². The molecule has 0 fully saturated rings. The lowest BCUT2D eigenvalue weighted by Gasteiger charge is -2.08. The predicted octanol–water partition coefficient (Wildman–Crippen LogP) is 3.38. The largest absolute Gasteiger partial charge is 0.385 e. The number of pyridine rings is 1. The number of nitrogens with zero attached hydrogens (tertiary/aromatic N) is 1. The van der Waals surface area contributed by atoms with E-state index in [2.05, 4.69) is 33.2 Å². The van der Waals surface area contributed by atoms with Crippen LogP contribution in [-0.4, -0.2) is 25.2 Å². The van der Waals surface area contributed by atoms with Gasteiger partial charge in [0.05, 0.1) is 4.47 Å². The van der Waals surface area contributed by atoms with Crippen molar-refractivity contribution >= 4 is 21.7 Å². The number of hydrogen-bond acceptors (Lipinski definition) is 3. The number of nitrogens with one attached hydrogen (secondary N) is 1. The van der Waals surface area contributed by atoms with Crippen molar-refractivity contribution in [3.8, 4) is 0 Å². The van der Waals surface area contributed by atoms with Crippen LogP contribution in [0.4, 0.5) is 5.82 Å². The van der Waals surface area contributed by atoms with Crippen LogP contribution in [0.1, 0.15) is 24.8 Å². The van der Waals surface area contributed by atoms with Gasteiger partial charge in [0, 0.05) is 26.5 Å². The molecule has 1 heterocycles. The molecular formula is C12H19BrN2O. The normalized spacial score (nSPS) is 10.4. The van der Waals surface area contributed by atoms with Gasteiger partial charge >= 0.3 is 0 Å². The van der Waals surface area contributed by atoms with E-state index in [0.717, 1.165) is 36.3 Å². The first-order valence-corrected chi connectivity index (χ1v) is 6.39. The molecule has 0 amide bonds. The van der Waals surface area contributed by atoms with Gasteiger partial charge in [-0.2, -0.15) is 0 Å². The highest BCUT2D eigenvalue weighted by molar-refractivity contribution is 9.10. The fourth-order valence-electron chi connectivity index (χ4n) is 1.42. The number of rotatable bonds is 7. The molecule has 1 rings (SSSR count). The highest BCUT2D eigenvalue weighted by Crippen LogP contribution is 2.23. The quantitative estimate of drug-likeness (QED) is 0.781. The predicted molar refractivity (Wildman–Crippen MR) is 70.9 cm³/mol. The van der Waals surface area contributed by atoms with Gasteiger partial charge in [0.2, 0.25) is 0 Å². The number of unbranched alkanes of at least 4 members (excludes halogenated alkanes) is 2. The highest BCUT2D eigenvalue weighted by Gasteiger charge is 2.02. The summed E-state index contributed by atoms with van der Waals surface area (Å²) in [4.78, 5) is 4.29. The van der Waals surface area contributed by atoms with Gasteiger partial charge in [-0.3, -0.25) is 0 Å². The van der Waals surface area contributed by atoms with Gasteiger partial charge in [-0.25, -0.2) is 4.98 Å². The van der Waals surface area contributed by atoms with E-state index in [4.69, 9.17) is 4.74 Å². The molecule has 0 aliphatic rings. The summed E-state index contributed by atoms with van der Waals surface area (Å²) in [6, 6.07) is 1.99. The van der Waals surface area contributed by atoms with Crippen molar-refractivity contribution in [2.45, 2.75) is 26.2 Å². The second kappa shape index (κ2) is 7.63. The highest BCUT2D eigenvalue weighted by atomic mass is 79.9. The molecule has 3 nitrogen and oxygen atoms in total. The Labute approximate surface area is 106 Å². The number of methoxy groups -OCH3 is 1. The summed E-state index contributed by atoms with van der Waals surface area (Å²) in [6.07, 6.45) is 5.28. The molecule has 0 aromatic carbocycles. The van der Waals surface area contributed by atoms with Crippen LogP contribution in [0, 0.1) is 6.92 Å². The Morgan fingerprint density at radius 3 is 2.94 bits per heavy atom. The molecule has 1 aromatic rings. The summed E-state index contributed by atoms with van der Waals surface area (Å²) in [5.74, 6) is 0.937. The summed E-state index contributed by atoms with van der Waals surface area (Å²) < 4.78 is 6.06. The maximum atomic E-state index is 5.00. The smallest absolute Gasteiger partial charge is 0.140 e. The van der Waals surface area contributed by atoms with E-state index in [0.29, 0.717) is 0 Å². The lowest BCUT2D eigenvalue weighted by Crippen LogP contribution is -2.04. The molecule has 0 bridgehead atoms. The number of aryl methyl sites for hydroxylation is 1. The standard InChI is InChI=1S/C12H19BrN2O/c1-10-6-8-15-12(11(10)13)14-7-4-3-5-9-16-2/h6,8H,3-5,7,9H2,1-2H3,(H,14,15). The van der Waals surface area contributed by atoms with Crippen molar-refractivity contribution in [2.75, 3.05) is 25.6 Å². The van der Waals surface area contributed by atoms with Gasteiger partial charge in [0.15, 0.2) is 0 Å². The monoisotopic (exact) mass is 286 g/mol. The van der Waals surface area contributed by atoms with Gasteiger partial charge in [-0.1, -0.05) is 0 Å². The van der Waals surface area contributed by atoms with E-state index in [1.165, 1.54) is 12.0 Å². The third-order valence-corrected chi connectivity index (χ3v) is 3.40. The molecule has 16 heavy (non-hydrogen) atoms. The van der Waals surface area contributed by atoms with Gasteiger partial charge in [0.1, 0.15) is 5.82 Å². The molecule has 0 spiro atoms. The second-order valence-electron chi connectivity index (χ2n) is 3.77. The molecule has 0 radical (unpaired) electrons. The third kappa shape index (κ3) is 4.49. The average molecular weight is 287 g/mol. The summed E-state index contributed by atoms with van der Waals surface area (Å²) in [5, 5.41) is 3.33. The van der Waals surface area contributed by atoms with Crippen molar-refractivity contribution in [1.29, 1.82) is 0 Å². The Hall–Kier alpha value is -0.610. The molecule has 4 heteroatoms. The van der Waals surface area contributed by atoms with Crippen LogP contribution in [-0.2, 0) is 4.74 Å². The van der Waals surface area contributed by atoms with E-state index in [-0.39, 0.29) is 0 Å². The Balaban J connectivity index is 2.24. The molecule has 0 aliphatic heterocycles. The molecule has 0 unspecified atom stereocenters. The second-order valence-corrected chi connectivity index (χ2v) is 4.56. The Bertz CT molecular complexity index is 318. The van der Waals surface area contributed by atoms with Crippen molar-refractivity contribution in [2.24, 2.45) is 0 Å². The molecule has 0 aliphatic carbocycles. The minimum absolute atomic E-state index is 0.854. The molecule has 90 valence electrons. The van der Waals surface area contributed by atoms with E-state index in [9.17, 15) is 0 Å². The lowest BCUT2D eigenvalue weighted by molar-refractivity contribution is 0.192.